The molecular formula is C14H12Cl2N2O3. The van der Waals surface area contributed by atoms with Crippen LogP contribution in [-0.4, -0.2) is 23.2 Å². The highest BCUT2D eigenvalue weighted by Gasteiger charge is 2.15. The fraction of sp³-hybridized carbons (Fsp3) is 0.143. The molecule has 0 unspecified atom stereocenters. The Labute approximate surface area is 131 Å². The van der Waals surface area contributed by atoms with Crippen molar-refractivity contribution in [3.63, 3.8) is 0 Å². The summed E-state index contributed by atoms with van der Waals surface area (Å²) in [5, 5.41) is 12.8. The number of rotatable bonds is 4. The van der Waals surface area contributed by atoms with Crippen molar-refractivity contribution in [1.82, 2.24) is 4.98 Å². The molecular weight excluding hydrogens is 315 g/mol. The lowest BCUT2D eigenvalue weighted by atomic mass is 10.2. The van der Waals surface area contributed by atoms with Gasteiger partial charge in [-0.25, -0.2) is 9.78 Å². The van der Waals surface area contributed by atoms with Gasteiger partial charge < -0.3 is 15.2 Å². The summed E-state index contributed by atoms with van der Waals surface area (Å²) in [5.41, 5.74) is 1.38. The molecule has 0 atom stereocenters. The molecule has 21 heavy (non-hydrogen) atoms. The van der Waals surface area contributed by atoms with E-state index in [0.717, 1.165) is 5.56 Å². The van der Waals surface area contributed by atoms with E-state index in [1.54, 1.807) is 12.1 Å². The van der Waals surface area contributed by atoms with E-state index in [1.165, 1.54) is 19.2 Å². The van der Waals surface area contributed by atoms with Crippen LogP contribution in [0.5, 0.6) is 5.75 Å². The van der Waals surface area contributed by atoms with E-state index in [2.05, 4.69) is 10.3 Å². The Balaban J connectivity index is 2.49. The quantitative estimate of drug-likeness (QED) is 0.826. The van der Waals surface area contributed by atoms with Gasteiger partial charge in [-0.05, 0) is 30.7 Å². The average molecular weight is 327 g/mol. The van der Waals surface area contributed by atoms with Gasteiger partial charge in [-0.2, -0.15) is 0 Å². The Kier molecular flexibility index (Phi) is 4.55. The van der Waals surface area contributed by atoms with E-state index in [4.69, 9.17) is 27.9 Å². The summed E-state index contributed by atoms with van der Waals surface area (Å²) < 4.78 is 5.23. The zero-order valence-corrected chi connectivity index (χ0v) is 12.8. The normalized spacial score (nSPS) is 10.3. The molecule has 0 fully saturated rings. The highest BCUT2D eigenvalue weighted by Crippen LogP contribution is 2.33. The first-order valence-corrected chi connectivity index (χ1v) is 6.69. The molecule has 110 valence electrons. The molecule has 5 nitrogen and oxygen atoms in total. The predicted molar refractivity (Wildman–Crippen MR) is 82.2 cm³/mol. The van der Waals surface area contributed by atoms with Gasteiger partial charge in [-0.15, -0.1) is 0 Å². The molecule has 0 bridgehead atoms. The van der Waals surface area contributed by atoms with Crippen LogP contribution in [0.15, 0.2) is 24.3 Å². The molecule has 0 aliphatic carbocycles. The van der Waals surface area contributed by atoms with Gasteiger partial charge in [0.1, 0.15) is 22.3 Å². The molecule has 0 saturated carbocycles. The van der Waals surface area contributed by atoms with Crippen molar-refractivity contribution < 1.29 is 14.6 Å². The van der Waals surface area contributed by atoms with Gasteiger partial charge in [-0.3, -0.25) is 0 Å². The molecule has 1 heterocycles. The van der Waals surface area contributed by atoms with Gasteiger partial charge >= 0.3 is 5.97 Å². The van der Waals surface area contributed by atoms with Crippen molar-refractivity contribution in [3.8, 4) is 5.75 Å². The number of pyridine rings is 1. The lowest BCUT2D eigenvalue weighted by Gasteiger charge is -2.14. The summed E-state index contributed by atoms with van der Waals surface area (Å²) in [6.45, 7) is 1.83. The minimum absolute atomic E-state index is 0.00839. The molecule has 2 rings (SSSR count). The van der Waals surface area contributed by atoms with Crippen LogP contribution in [0.4, 0.5) is 11.5 Å². The first-order valence-electron chi connectivity index (χ1n) is 5.93. The molecule has 1 aromatic heterocycles. The SMILES string of the molecule is COc1cc(Cl)c(C)cc1Nc1nc(Cl)ccc1C(=O)O. The van der Waals surface area contributed by atoms with Crippen LogP contribution < -0.4 is 10.1 Å². The molecule has 0 saturated heterocycles. The number of aryl methyl sites for hydroxylation is 1. The molecule has 0 amide bonds. The van der Waals surface area contributed by atoms with Crippen molar-refractivity contribution >= 4 is 40.7 Å². The number of nitrogens with one attached hydrogen (secondary N) is 1. The Morgan fingerprint density at radius 3 is 2.67 bits per heavy atom. The molecule has 2 N–H and O–H groups in total. The Morgan fingerprint density at radius 2 is 2.05 bits per heavy atom. The molecule has 0 aliphatic heterocycles. The minimum atomic E-state index is -1.11. The fourth-order valence-corrected chi connectivity index (χ4v) is 2.06. The summed E-state index contributed by atoms with van der Waals surface area (Å²) in [6, 6.07) is 6.19. The van der Waals surface area contributed by atoms with E-state index in [-0.39, 0.29) is 16.5 Å². The molecule has 0 spiro atoms. The van der Waals surface area contributed by atoms with Crippen molar-refractivity contribution in [3.05, 3.63) is 45.6 Å². The summed E-state index contributed by atoms with van der Waals surface area (Å²) in [6.07, 6.45) is 0. The number of hydrogen-bond acceptors (Lipinski definition) is 4. The number of carboxylic acids is 1. The van der Waals surface area contributed by atoms with Crippen LogP contribution in [0.25, 0.3) is 0 Å². The largest absolute Gasteiger partial charge is 0.495 e. The maximum Gasteiger partial charge on any atom is 0.339 e. The van der Waals surface area contributed by atoms with E-state index < -0.39 is 5.97 Å². The molecule has 0 aliphatic rings. The molecule has 1 aromatic carbocycles. The Hall–Kier alpha value is -1.98. The summed E-state index contributed by atoms with van der Waals surface area (Å²) >= 11 is 11.9. The van der Waals surface area contributed by atoms with Crippen LogP contribution in [0.1, 0.15) is 15.9 Å². The number of anilines is 2. The van der Waals surface area contributed by atoms with Gasteiger partial charge in [0.25, 0.3) is 0 Å². The second kappa shape index (κ2) is 6.20. The minimum Gasteiger partial charge on any atom is -0.495 e. The maximum atomic E-state index is 11.2. The van der Waals surface area contributed by atoms with E-state index in [9.17, 15) is 9.90 Å². The number of nitrogens with zero attached hydrogens (tertiary/aromatic N) is 1. The van der Waals surface area contributed by atoms with Gasteiger partial charge in [-0.1, -0.05) is 23.2 Å². The monoisotopic (exact) mass is 326 g/mol. The van der Waals surface area contributed by atoms with E-state index in [0.29, 0.717) is 16.5 Å². The van der Waals surface area contributed by atoms with Gasteiger partial charge in [0.05, 0.1) is 12.8 Å². The third-order valence-corrected chi connectivity index (χ3v) is 3.44. The fourth-order valence-electron chi connectivity index (χ4n) is 1.76. The summed E-state index contributed by atoms with van der Waals surface area (Å²) in [4.78, 5) is 15.2. The molecule has 7 heteroatoms. The number of methoxy groups -OCH3 is 1. The van der Waals surface area contributed by atoms with Crippen LogP contribution in [-0.2, 0) is 0 Å². The number of aromatic carboxylic acids is 1. The number of carboxylic acid groups (broad SMARTS) is 1. The number of hydrogen-bond donors (Lipinski definition) is 2. The van der Waals surface area contributed by atoms with Crippen molar-refractivity contribution in [2.45, 2.75) is 6.92 Å². The van der Waals surface area contributed by atoms with Crippen LogP contribution >= 0.6 is 23.2 Å². The van der Waals surface area contributed by atoms with Gasteiger partial charge in [0, 0.05) is 11.1 Å². The van der Waals surface area contributed by atoms with E-state index >= 15 is 0 Å². The van der Waals surface area contributed by atoms with Crippen LogP contribution in [0.3, 0.4) is 0 Å². The number of benzene rings is 1. The number of ether oxygens (including phenoxy) is 1. The predicted octanol–water partition coefficient (Wildman–Crippen LogP) is 4.15. The van der Waals surface area contributed by atoms with Crippen LogP contribution in [0, 0.1) is 6.92 Å². The third kappa shape index (κ3) is 3.37. The summed E-state index contributed by atoms with van der Waals surface area (Å²) in [7, 11) is 1.50. The zero-order chi connectivity index (χ0) is 15.6. The average Bonchev–Trinajstić information content (AvgIpc) is 2.42. The second-order valence-corrected chi connectivity index (χ2v) is 5.06. The third-order valence-electron chi connectivity index (χ3n) is 2.83. The van der Waals surface area contributed by atoms with Gasteiger partial charge in [0.15, 0.2) is 0 Å². The molecule has 0 radical (unpaired) electrons. The number of carbonyl (C=O) groups is 1. The summed E-state index contributed by atoms with van der Waals surface area (Å²) in [5.74, 6) is -0.495. The number of aromatic nitrogens is 1. The van der Waals surface area contributed by atoms with Crippen molar-refractivity contribution in [1.29, 1.82) is 0 Å². The Bertz CT molecular complexity index is 705. The topological polar surface area (TPSA) is 71.5 Å². The molecule has 2 aromatic rings. The number of halogens is 2. The van der Waals surface area contributed by atoms with Crippen LogP contribution in [0.2, 0.25) is 10.2 Å². The lowest BCUT2D eigenvalue weighted by Crippen LogP contribution is -2.06. The second-order valence-electron chi connectivity index (χ2n) is 4.26. The van der Waals surface area contributed by atoms with E-state index in [1.807, 2.05) is 6.92 Å². The highest BCUT2D eigenvalue weighted by molar-refractivity contribution is 6.31. The van der Waals surface area contributed by atoms with Crippen molar-refractivity contribution in [2.24, 2.45) is 0 Å². The maximum absolute atomic E-state index is 11.2. The Morgan fingerprint density at radius 1 is 1.33 bits per heavy atom. The van der Waals surface area contributed by atoms with Crippen molar-refractivity contribution in [2.75, 3.05) is 12.4 Å². The zero-order valence-electron chi connectivity index (χ0n) is 11.3. The standard InChI is InChI=1S/C14H12Cl2N2O3/c1-7-5-10(11(21-2)6-9(7)15)17-13-8(14(19)20)3-4-12(16)18-13/h3-6H,1-2H3,(H,17,18)(H,19,20). The lowest BCUT2D eigenvalue weighted by molar-refractivity contribution is 0.0697. The highest BCUT2D eigenvalue weighted by atomic mass is 35.5. The smallest absolute Gasteiger partial charge is 0.339 e. The first-order chi connectivity index (χ1) is 9.92. The van der Waals surface area contributed by atoms with Gasteiger partial charge in [0.2, 0.25) is 0 Å². The first kappa shape index (κ1) is 15.4.